The van der Waals surface area contributed by atoms with Gasteiger partial charge in [0.1, 0.15) is 11.7 Å². The monoisotopic (exact) mass is 272 g/mol. The van der Waals surface area contributed by atoms with Crippen LogP contribution in [0.2, 0.25) is 0 Å². The maximum absolute atomic E-state index is 12.5. The number of carbonyl (C=O) groups is 1. The van der Waals surface area contributed by atoms with Gasteiger partial charge in [-0.1, -0.05) is 37.3 Å². The van der Waals surface area contributed by atoms with Crippen molar-refractivity contribution in [1.29, 1.82) is 0 Å². The Hall–Kier alpha value is -1.35. The van der Waals surface area contributed by atoms with Crippen molar-refractivity contribution >= 4 is 5.97 Å². The highest BCUT2D eigenvalue weighted by Gasteiger charge is 2.77. The third-order valence-electron chi connectivity index (χ3n) is 5.48. The van der Waals surface area contributed by atoms with Crippen LogP contribution in [0.15, 0.2) is 30.3 Å². The summed E-state index contributed by atoms with van der Waals surface area (Å²) in [4.78, 5) is 12.5. The second-order valence-electron chi connectivity index (χ2n) is 6.62. The molecular formula is C17H20O3. The van der Waals surface area contributed by atoms with E-state index in [0.29, 0.717) is 17.9 Å². The lowest BCUT2D eigenvalue weighted by atomic mass is 9.81. The Kier molecular flexibility index (Phi) is 2.53. The lowest BCUT2D eigenvalue weighted by molar-refractivity contribution is -0.158. The summed E-state index contributed by atoms with van der Waals surface area (Å²) in [6.07, 6.45) is 2.13. The van der Waals surface area contributed by atoms with Crippen LogP contribution in [0.3, 0.4) is 0 Å². The molecule has 1 aromatic carbocycles. The van der Waals surface area contributed by atoms with Crippen molar-refractivity contribution in [3.63, 3.8) is 0 Å². The fourth-order valence-electron chi connectivity index (χ4n) is 4.36. The van der Waals surface area contributed by atoms with Crippen molar-refractivity contribution in [1.82, 2.24) is 0 Å². The van der Waals surface area contributed by atoms with Gasteiger partial charge in [-0.05, 0) is 37.2 Å². The molecule has 2 unspecified atom stereocenters. The Morgan fingerprint density at radius 3 is 2.75 bits per heavy atom. The standard InChI is InChI=1S/C17H20O3/c1-10-9-17-14(8-13(10)15(17)20-17)16(18)19-11(2)12-6-4-3-5-7-12/h3-7,10-11,13-15H,8-9H2,1-2H3/t10-,11-,13-,14-,15?,17?/m1/s1. The Bertz CT molecular complexity index is 540. The minimum absolute atomic E-state index is 0.0418. The number of rotatable bonds is 3. The number of carbonyl (C=O) groups excluding carboxylic acids is 1. The van der Waals surface area contributed by atoms with Gasteiger partial charge in [-0.15, -0.1) is 0 Å². The SMILES string of the molecule is C[C@@H]1CC23OC2[C@@H]1C[C@@H]3C(=O)O[C@H](C)c1ccccc1. The number of epoxide rings is 1. The zero-order valence-corrected chi connectivity index (χ0v) is 11.9. The van der Waals surface area contributed by atoms with Gasteiger partial charge in [0.05, 0.1) is 12.0 Å². The molecule has 0 aromatic heterocycles. The van der Waals surface area contributed by atoms with Crippen LogP contribution in [0.5, 0.6) is 0 Å². The van der Waals surface area contributed by atoms with E-state index in [1.807, 2.05) is 37.3 Å². The normalized spacial score (nSPS) is 42.1. The molecule has 6 atom stereocenters. The summed E-state index contributed by atoms with van der Waals surface area (Å²) in [5.74, 6) is 1.15. The van der Waals surface area contributed by atoms with E-state index in [9.17, 15) is 4.79 Å². The lowest BCUT2D eigenvalue weighted by Gasteiger charge is -2.30. The van der Waals surface area contributed by atoms with E-state index < -0.39 is 0 Å². The number of hydrogen-bond acceptors (Lipinski definition) is 3. The minimum Gasteiger partial charge on any atom is -0.457 e. The molecule has 2 aliphatic carbocycles. The van der Waals surface area contributed by atoms with Crippen molar-refractivity contribution in [3.05, 3.63) is 35.9 Å². The summed E-state index contributed by atoms with van der Waals surface area (Å²) in [7, 11) is 0. The summed E-state index contributed by atoms with van der Waals surface area (Å²) < 4.78 is 11.5. The molecule has 1 aliphatic heterocycles. The van der Waals surface area contributed by atoms with Crippen LogP contribution < -0.4 is 0 Å². The van der Waals surface area contributed by atoms with Crippen LogP contribution in [-0.4, -0.2) is 17.7 Å². The lowest BCUT2D eigenvalue weighted by Crippen LogP contribution is -2.35. The fourth-order valence-corrected chi connectivity index (χ4v) is 4.36. The van der Waals surface area contributed by atoms with E-state index in [0.717, 1.165) is 18.4 Å². The summed E-state index contributed by atoms with van der Waals surface area (Å²) >= 11 is 0. The number of benzene rings is 1. The van der Waals surface area contributed by atoms with Crippen molar-refractivity contribution in [2.24, 2.45) is 17.8 Å². The summed E-state index contributed by atoms with van der Waals surface area (Å²) in [5.41, 5.74) is 0.889. The first-order chi connectivity index (χ1) is 9.62. The van der Waals surface area contributed by atoms with Gasteiger partial charge in [0.15, 0.2) is 0 Å². The predicted molar refractivity (Wildman–Crippen MR) is 73.9 cm³/mol. The topological polar surface area (TPSA) is 38.8 Å². The average molecular weight is 272 g/mol. The van der Waals surface area contributed by atoms with Gasteiger partial charge in [0, 0.05) is 0 Å². The first kappa shape index (κ1) is 12.4. The van der Waals surface area contributed by atoms with Gasteiger partial charge in [0.2, 0.25) is 0 Å². The molecule has 3 fully saturated rings. The Morgan fingerprint density at radius 2 is 2.15 bits per heavy atom. The number of hydrogen-bond donors (Lipinski definition) is 0. The highest BCUT2D eigenvalue weighted by atomic mass is 16.6. The Balaban J connectivity index is 1.45. The second-order valence-corrected chi connectivity index (χ2v) is 6.62. The zero-order chi connectivity index (χ0) is 13.9. The van der Waals surface area contributed by atoms with Crippen molar-refractivity contribution in [2.75, 3.05) is 0 Å². The van der Waals surface area contributed by atoms with E-state index in [1.165, 1.54) is 0 Å². The molecule has 1 saturated heterocycles. The van der Waals surface area contributed by atoms with E-state index in [-0.39, 0.29) is 23.6 Å². The average Bonchev–Trinajstić information content (AvgIpc) is 2.97. The molecule has 2 saturated carbocycles. The zero-order valence-electron chi connectivity index (χ0n) is 11.9. The third kappa shape index (κ3) is 1.59. The van der Waals surface area contributed by atoms with Crippen LogP contribution in [0.1, 0.15) is 38.4 Å². The molecule has 1 heterocycles. The van der Waals surface area contributed by atoms with Crippen molar-refractivity contribution in [2.45, 2.75) is 44.5 Å². The molecule has 1 aromatic rings. The number of esters is 1. The third-order valence-corrected chi connectivity index (χ3v) is 5.48. The Morgan fingerprint density at radius 1 is 1.40 bits per heavy atom. The first-order valence-electron chi connectivity index (χ1n) is 7.55. The van der Waals surface area contributed by atoms with E-state index >= 15 is 0 Å². The fraction of sp³-hybridized carbons (Fsp3) is 0.588. The molecule has 106 valence electrons. The smallest absolute Gasteiger partial charge is 0.312 e. The van der Waals surface area contributed by atoms with Crippen molar-refractivity contribution in [3.8, 4) is 0 Å². The van der Waals surface area contributed by atoms with Gasteiger partial charge in [-0.3, -0.25) is 4.79 Å². The van der Waals surface area contributed by atoms with Crippen LogP contribution in [0.25, 0.3) is 0 Å². The first-order valence-corrected chi connectivity index (χ1v) is 7.55. The second kappa shape index (κ2) is 4.08. The van der Waals surface area contributed by atoms with Gasteiger partial charge in [-0.2, -0.15) is 0 Å². The summed E-state index contributed by atoms with van der Waals surface area (Å²) in [6.45, 7) is 4.21. The molecule has 0 radical (unpaired) electrons. The summed E-state index contributed by atoms with van der Waals surface area (Å²) in [5, 5.41) is 0. The quantitative estimate of drug-likeness (QED) is 0.627. The minimum atomic E-state index is -0.186. The predicted octanol–water partition coefficient (Wildman–Crippen LogP) is 3.10. The van der Waals surface area contributed by atoms with E-state index in [4.69, 9.17) is 9.47 Å². The molecule has 0 amide bonds. The molecule has 20 heavy (non-hydrogen) atoms. The molecule has 3 aliphatic rings. The molecule has 3 nitrogen and oxygen atoms in total. The Labute approximate surface area is 119 Å². The highest BCUT2D eigenvalue weighted by molar-refractivity contribution is 5.76. The molecule has 2 bridgehead atoms. The molecule has 0 spiro atoms. The van der Waals surface area contributed by atoms with Crippen molar-refractivity contribution < 1.29 is 14.3 Å². The van der Waals surface area contributed by atoms with E-state index in [2.05, 4.69) is 6.92 Å². The van der Waals surface area contributed by atoms with E-state index in [1.54, 1.807) is 0 Å². The molecule has 3 heteroatoms. The summed E-state index contributed by atoms with van der Waals surface area (Å²) in [6, 6.07) is 9.90. The van der Waals surface area contributed by atoms with Gasteiger partial charge in [-0.25, -0.2) is 0 Å². The van der Waals surface area contributed by atoms with Crippen LogP contribution in [-0.2, 0) is 14.3 Å². The van der Waals surface area contributed by atoms with Crippen LogP contribution in [0, 0.1) is 17.8 Å². The number of ether oxygens (including phenoxy) is 2. The molecule has 4 rings (SSSR count). The van der Waals surface area contributed by atoms with Crippen LogP contribution >= 0.6 is 0 Å². The maximum Gasteiger partial charge on any atom is 0.312 e. The van der Waals surface area contributed by atoms with Crippen LogP contribution in [0.4, 0.5) is 0 Å². The van der Waals surface area contributed by atoms with Gasteiger partial charge < -0.3 is 9.47 Å². The van der Waals surface area contributed by atoms with Gasteiger partial charge in [0.25, 0.3) is 0 Å². The van der Waals surface area contributed by atoms with Gasteiger partial charge >= 0.3 is 5.97 Å². The maximum atomic E-state index is 12.5. The highest BCUT2D eigenvalue weighted by Crippen LogP contribution is 2.68. The largest absolute Gasteiger partial charge is 0.457 e. The molecular weight excluding hydrogens is 252 g/mol. The molecule has 0 N–H and O–H groups in total.